The molecule has 1 aromatic heterocycles. The van der Waals surface area contributed by atoms with E-state index in [9.17, 15) is 10.1 Å². The molecule has 0 amide bonds. The Kier molecular flexibility index (Phi) is 5.09. The first-order chi connectivity index (χ1) is 6.15. The van der Waals surface area contributed by atoms with Gasteiger partial charge in [-0.05, 0) is 6.07 Å². The molecular weight excluding hydrogens is 226 g/mol. The molecule has 76 valence electrons. The van der Waals surface area contributed by atoms with Crippen LogP contribution in [0.1, 0.15) is 17.3 Å². The minimum absolute atomic E-state index is 0. The van der Waals surface area contributed by atoms with E-state index in [2.05, 4.69) is 0 Å². The molecule has 0 saturated heterocycles. The second-order valence-electron chi connectivity index (χ2n) is 2.40. The zero-order valence-corrected chi connectivity index (χ0v) is 8.68. The highest BCUT2D eigenvalue weighted by Crippen LogP contribution is 2.28. The summed E-state index contributed by atoms with van der Waals surface area (Å²) in [6.45, 7) is 0. The van der Waals surface area contributed by atoms with Crippen LogP contribution in [0.5, 0.6) is 0 Å². The van der Waals surface area contributed by atoms with Crippen LogP contribution >= 0.6 is 23.7 Å². The molecule has 1 heterocycles. The molecule has 0 spiro atoms. The first-order valence-corrected chi connectivity index (χ1v) is 4.33. The van der Waals surface area contributed by atoms with Crippen molar-refractivity contribution in [3.63, 3.8) is 0 Å². The van der Waals surface area contributed by atoms with E-state index >= 15 is 0 Å². The maximum Gasteiger partial charge on any atom is 0.324 e. The lowest BCUT2D eigenvalue weighted by atomic mass is 10.2. The predicted molar refractivity (Wildman–Crippen MR) is 55.4 cm³/mol. The Morgan fingerprint density at radius 1 is 1.71 bits per heavy atom. The molecule has 0 aliphatic heterocycles. The van der Waals surface area contributed by atoms with Gasteiger partial charge in [0.25, 0.3) is 0 Å². The standard InChI is InChI=1S/C7H7N3O2S.ClH/c8-4-3-5(9)6-1-2-7(13-6)10(11)12;/h1-2,5H,3,9H2;1H/t5-;/m0./s1. The van der Waals surface area contributed by atoms with Crippen molar-refractivity contribution in [3.8, 4) is 6.07 Å². The highest BCUT2D eigenvalue weighted by atomic mass is 35.5. The third-order valence-electron chi connectivity index (χ3n) is 1.47. The Balaban J connectivity index is 0.00000169. The van der Waals surface area contributed by atoms with Crippen molar-refractivity contribution >= 4 is 28.7 Å². The highest BCUT2D eigenvalue weighted by molar-refractivity contribution is 7.15. The van der Waals surface area contributed by atoms with Crippen LogP contribution in [-0.2, 0) is 0 Å². The van der Waals surface area contributed by atoms with E-state index in [0.717, 1.165) is 11.3 Å². The van der Waals surface area contributed by atoms with Gasteiger partial charge in [0.05, 0.1) is 23.5 Å². The van der Waals surface area contributed by atoms with Crippen LogP contribution in [0.25, 0.3) is 0 Å². The fourth-order valence-corrected chi connectivity index (χ4v) is 1.66. The minimum atomic E-state index is -0.465. The minimum Gasteiger partial charge on any atom is -0.322 e. The van der Waals surface area contributed by atoms with Gasteiger partial charge in [-0.2, -0.15) is 5.26 Å². The van der Waals surface area contributed by atoms with E-state index in [1.807, 2.05) is 6.07 Å². The molecule has 2 N–H and O–H groups in total. The van der Waals surface area contributed by atoms with E-state index in [1.54, 1.807) is 6.07 Å². The van der Waals surface area contributed by atoms with Gasteiger partial charge in [-0.3, -0.25) is 10.1 Å². The molecule has 0 aliphatic carbocycles. The Hall–Kier alpha value is -1.16. The first kappa shape index (κ1) is 12.8. The van der Waals surface area contributed by atoms with Crippen LogP contribution in [0.2, 0.25) is 0 Å². The van der Waals surface area contributed by atoms with Gasteiger partial charge in [-0.1, -0.05) is 11.3 Å². The summed E-state index contributed by atoms with van der Waals surface area (Å²) in [6, 6.07) is 4.49. The van der Waals surface area contributed by atoms with E-state index in [-0.39, 0.29) is 23.8 Å². The van der Waals surface area contributed by atoms with Crippen molar-refractivity contribution in [2.75, 3.05) is 0 Å². The van der Waals surface area contributed by atoms with E-state index < -0.39 is 11.0 Å². The predicted octanol–water partition coefficient (Wildman–Crippen LogP) is 1.99. The summed E-state index contributed by atoms with van der Waals surface area (Å²) in [5, 5.41) is 18.7. The number of hydrogen-bond acceptors (Lipinski definition) is 5. The molecule has 0 fully saturated rings. The van der Waals surface area contributed by atoms with Gasteiger partial charge in [0.1, 0.15) is 0 Å². The molecule has 14 heavy (non-hydrogen) atoms. The van der Waals surface area contributed by atoms with Crippen molar-refractivity contribution in [2.24, 2.45) is 5.73 Å². The van der Waals surface area contributed by atoms with Crippen molar-refractivity contribution in [3.05, 3.63) is 27.1 Å². The fraction of sp³-hybridized carbons (Fsp3) is 0.286. The monoisotopic (exact) mass is 233 g/mol. The van der Waals surface area contributed by atoms with Crippen LogP contribution in [-0.4, -0.2) is 4.92 Å². The molecule has 1 rings (SSSR count). The summed E-state index contributed by atoms with van der Waals surface area (Å²) in [5.74, 6) is 0. The SMILES string of the molecule is Cl.N#CC[C@H](N)c1ccc([N+](=O)[O-])s1. The van der Waals surface area contributed by atoms with E-state index in [0.29, 0.717) is 4.88 Å². The van der Waals surface area contributed by atoms with Gasteiger partial charge in [0.15, 0.2) is 0 Å². The Labute approximate surface area is 90.7 Å². The van der Waals surface area contributed by atoms with Crippen LogP contribution in [0, 0.1) is 21.4 Å². The van der Waals surface area contributed by atoms with Crippen LogP contribution in [0.3, 0.4) is 0 Å². The molecule has 0 aromatic carbocycles. The maximum atomic E-state index is 10.3. The van der Waals surface area contributed by atoms with Crippen molar-refractivity contribution in [1.82, 2.24) is 0 Å². The summed E-state index contributed by atoms with van der Waals surface area (Å²) in [6.07, 6.45) is 0.178. The van der Waals surface area contributed by atoms with Gasteiger partial charge in [-0.15, -0.1) is 12.4 Å². The van der Waals surface area contributed by atoms with E-state index in [4.69, 9.17) is 11.0 Å². The largest absolute Gasteiger partial charge is 0.324 e. The summed E-state index contributed by atoms with van der Waals surface area (Å²) >= 11 is 1.01. The molecular formula is C7H8ClN3O2S. The topological polar surface area (TPSA) is 93.0 Å². The summed E-state index contributed by atoms with van der Waals surface area (Å²) < 4.78 is 0. The van der Waals surface area contributed by atoms with Gasteiger partial charge < -0.3 is 5.73 Å². The molecule has 0 saturated carbocycles. The molecule has 0 unspecified atom stereocenters. The second kappa shape index (κ2) is 5.54. The zero-order chi connectivity index (χ0) is 9.84. The fourth-order valence-electron chi connectivity index (χ4n) is 0.839. The lowest BCUT2D eigenvalue weighted by molar-refractivity contribution is -0.380. The quantitative estimate of drug-likeness (QED) is 0.638. The number of nitrogens with two attached hydrogens (primary N) is 1. The zero-order valence-electron chi connectivity index (χ0n) is 7.04. The van der Waals surface area contributed by atoms with Gasteiger partial charge >= 0.3 is 5.00 Å². The molecule has 0 radical (unpaired) electrons. The van der Waals surface area contributed by atoms with E-state index in [1.165, 1.54) is 6.07 Å². The van der Waals surface area contributed by atoms with Crippen molar-refractivity contribution < 1.29 is 4.92 Å². The molecule has 1 aromatic rings. The average Bonchev–Trinajstić information content (AvgIpc) is 2.52. The van der Waals surface area contributed by atoms with Crippen LogP contribution < -0.4 is 5.73 Å². The highest BCUT2D eigenvalue weighted by Gasteiger charge is 2.14. The lowest BCUT2D eigenvalue weighted by Gasteiger charge is -2.00. The van der Waals surface area contributed by atoms with Gasteiger partial charge in [-0.25, -0.2) is 0 Å². The Morgan fingerprint density at radius 3 is 2.79 bits per heavy atom. The number of thiophene rings is 1. The molecule has 7 heteroatoms. The number of rotatable bonds is 3. The Bertz CT molecular complexity index is 360. The first-order valence-electron chi connectivity index (χ1n) is 3.52. The third-order valence-corrected chi connectivity index (χ3v) is 2.64. The maximum absolute atomic E-state index is 10.3. The van der Waals surface area contributed by atoms with Crippen LogP contribution in [0.15, 0.2) is 12.1 Å². The lowest BCUT2D eigenvalue weighted by Crippen LogP contribution is -2.06. The molecule has 5 nitrogen and oxygen atoms in total. The Morgan fingerprint density at radius 2 is 2.36 bits per heavy atom. The number of nitriles is 1. The smallest absolute Gasteiger partial charge is 0.322 e. The number of nitrogens with zero attached hydrogens (tertiary/aromatic N) is 2. The van der Waals surface area contributed by atoms with Crippen molar-refractivity contribution in [2.45, 2.75) is 12.5 Å². The summed E-state index contributed by atoms with van der Waals surface area (Å²) in [4.78, 5) is 10.5. The normalized spacial score (nSPS) is 11.1. The number of halogens is 1. The molecule has 1 atom stereocenters. The second-order valence-corrected chi connectivity index (χ2v) is 3.50. The van der Waals surface area contributed by atoms with Gasteiger partial charge in [0, 0.05) is 10.9 Å². The summed E-state index contributed by atoms with van der Waals surface area (Å²) in [5.41, 5.74) is 5.58. The number of nitro groups is 1. The summed E-state index contributed by atoms with van der Waals surface area (Å²) in [7, 11) is 0. The van der Waals surface area contributed by atoms with Crippen LogP contribution in [0.4, 0.5) is 5.00 Å². The third kappa shape index (κ3) is 2.96. The average molecular weight is 234 g/mol. The molecule has 0 aliphatic rings. The van der Waals surface area contributed by atoms with Crippen molar-refractivity contribution in [1.29, 1.82) is 5.26 Å². The molecule has 0 bridgehead atoms. The van der Waals surface area contributed by atoms with Gasteiger partial charge in [0.2, 0.25) is 0 Å². The number of hydrogen-bond donors (Lipinski definition) is 1.